The minimum Gasteiger partial charge on any atom is -0.493 e. The molecular weight excluding hydrogens is 308 g/mol. The van der Waals surface area contributed by atoms with Crippen LogP contribution in [0.5, 0.6) is 11.5 Å². The summed E-state index contributed by atoms with van der Waals surface area (Å²) in [7, 11) is 7.28. The van der Waals surface area contributed by atoms with Gasteiger partial charge >= 0.3 is 0 Å². The van der Waals surface area contributed by atoms with Crippen molar-refractivity contribution in [3.8, 4) is 11.5 Å². The molecule has 0 saturated carbocycles. The van der Waals surface area contributed by atoms with E-state index in [0.29, 0.717) is 29.8 Å². The van der Waals surface area contributed by atoms with Crippen LogP contribution in [0.1, 0.15) is 5.56 Å². The molecule has 0 fully saturated rings. The van der Waals surface area contributed by atoms with Crippen molar-refractivity contribution in [3.63, 3.8) is 0 Å². The summed E-state index contributed by atoms with van der Waals surface area (Å²) in [6.45, 7) is 2.27. The quantitative estimate of drug-likeness (QED) is 0.714. The van der Waals surface area contributed by atoms with Crippen LogP contribution in [0.4, 0.5) is 11.8 Å². The van der Waals surface area contributed by atoms with Crippen molar-refractivity contribution < 1.29 is 9.47 Å². The third-order valence-electron chi connectivity index (χ3n) is 3.32. The maximum absolute atomic E-state index is 5.30. The number of nitrogens with zero attached hydrogens (tertiary/aromatic N) is 4. The molecule has 0 aliphatic heterocycles. The Labute approximate surface area is 142 Å². The molecule has 8 heteroatoms. The Bertz CT molecular complexity index is 650. The first-order chi connectivity index (χ1) is 11.6. The molecule has 0 aliphatic carbocycles. The number of hydrogen-bond acceptors (Lipinski definition) is 8. The number of methoxy groups -OCH3 is 2. The van der Waals surface area contributed by atoms with Crippen LogP contribution in [0.3, 0.4) is 0 Å². The first kappa shape index (κ1) is 17.7. The highest BCUT2D eigenvalue weighted by molar-refractivity contribution is 5.44. The molecule has 2 aromatic rings. The summed E-state index contributed by atoms with van der Waals surface area (Å²) >= 11 is 0. The fourth-order valence-electron chi connectivity index (χ4n) is 2.04. The number of benzene rings is 1. The lowest BCUT2D eigenvalue weighted by molar-refractivity contribution is 0.354. The number of rotatable bonds is 9. The molecule has 2 rings (SSSR count). The lowest BCUT2D eigenvalue weighted by Crippen LogP contribution is -2.21. The maximum Gasteiger partial charge on any atom is 0.244 e. The predicted molar refractivity (Wildman–Crippen MR) is 93.7 cm³/mol. The highest BCUT2D eigenvalue weighted by atomic mass is 16.5. The molecular formula is C16H24N6O2. The van der Waals surface area contributed by atoms with E-state index in [-0.39, 0.29) is 0 Å². The average molecular weight is 332 g/mol. The van der Waals surface area contributed by atoms with Gasteiger partial charge in [0.25, 0.3) is 0 Å². The molecule has 0 radical (unpaired) electrons. The lowest BCUT2D eigenvalue weighted by Gasteiger charge is -2.12. The summed E-state index contributed by atoms with van der Waals surface area (Å²) < 4.78 is 10.5. The third-order valence-corrected chi connectivity index (χ3v) is 3.32. The van der Waals surface area contributed by atoms with Crippen LogP contribution in [-0.4, -0.2) is 61.5 Å². The fourth-order valence-corrected chi connectivity index (χ4v) is 2.04. The van der Waals surface area contributed by atoms with Gasteiger partial charge in [0.2, 0.25) is 5.95 Å². The van der Waals surface area contributed by atoms with Crippen LogP contribution < -0.4 is 20.1 Å². The first-order valence-electron chi connectivity index (χ1n) is 7.65. The molecule has 0 unspecified atom stereocenters. The summed E-state index contributed by atoms with van der Waals surface area (Å²) in [5.74, 6) is 2.56. The molecule has 0 bridgehead atoms. The van der Waals surface area contributed by atoms with E-state index in [9.17, 15) is 0 Å². The van der Waals surface area contributed by atoms with Crippen LogP contribution in [0, 0.1) is 0 Å². The van der Waals surface area contributed by atoms with Crippen molar-refractivity contribution in [2.24, 2.45) is 0 Å². The Balaban J connectivity index is 1.94. The molecule has 0 saturated heterocycles. The Morgan fingerprint density at radius 3 is 2.58 bits per heavy atom. The summed E-state index contributed by atoms with van der Waals surface area (Å²) in [6.07, 6.45) is 1.61. The van der Waals surface area contributed by atoms with Gasteiger partial charge in [0.1, 0.15) is 0 Å². The molecule has 130 valence electrons. The van der Waals surface area contributed by atoms with Crippen LogP contribution in [0.2, 0.25) is 0 Å². The summed E-state index contributed by atoms with van der Waals surface area (Å²) in [4.78, 5) is 6.49. The van der Waals surface area contributed by atoms with E-state index < -0.39 is 0 Å². The predicted octanol–water partition coefficient (Wildman–Crippen LogP) is 1.47. The summed E-state index contributed by atoms with van der Waals surface area (Å²) in [6, 6.07) is 5.74. The van der Waals surface area contributed by atoms with E-state index in [1.54, 1.807) is 20.4 Å². The standard InChI is InChI=1S/C16H24N6O2/c1-22(2)8-7-17-15-11-19-21-16(20-15)18-10-12-5-6-13(23-3)14(9-12)24-4/h5-6,9,11H,7-8,10H2,1-4H3,(H2,17,18,20,21). The number of hydrogen-bond donors (Lipinski definition) is 2. The second-order valence-electron chi connectivity index (χ2n) is 5.44. The van der Waals surface area contributed by atoms with Gasteiger partial charge in [0.15, 0.2) is 17.3 Å². The lowest BCUT2D eigenvalue weighted by atomic mass is 10.2. The number of ether oxygens (including phenoxy) is 2. The van der Waals surface area contributed by atoms with E-state index in [2.05, 4.69) is 30.7 Å². The minimum absolute atomic E-state index is 0.472. The molecule has 24 heavy (non-hydrogen) atoms. The summed E-state index contributed by atoms with van der Waals surface area (Å²) in [5.41, 5.74) is 1.03. The Kier molecular flexibility index (Phi) is 6.56. The van der Waals surface area contributed by atoms with Crippen molar-refractivity contribution in [2.75, 3.05) is 52.0 Å². The minimum atomic E-state index is 0.472. The number of likely N-dealkylation sites (N-methyl/N-ethyl adjacent to an activating group) is 1. The van der Waals surface area contributed by atoms with Crippen molar-refractivity contribution >= 4 is 11.8 Å². The zero-order valence-corrected chi connectivity index (χ0v) is 14.5. The molecule has 0 amide bonds. The second-order valence-corrected chi connectivity index (χ2v) is 5.44. The number of nitrogens with one attached hydrogen (secondary N) is 2. The van der Waals surface area contributed by atoms with E-state index in [0.717, 1.165) is 18.7 Å². The van der Waals surface area contributed by atoms with Gasteiger partial charge in [-0.3, -0.25) is 0 Å². The van der Waals surface area contributed by atoms with Crippen LogP contribution in [0.15, 0.2) is 24.4 Å². The van der Waals surface area contributed by atoms with Gasteiger partial charge < -0.3 is 25.0 Å². The molecule has 2 N–H and O–H groups in total. The molecule has 0 atom stereocenters. The smallest absolute Gasteiger partial charge is 0.244 e. The molecule has 1 aromatic heterocycles. The summed E-state index contributed by atoms with van der Waals surface area (Å²) in [5, 5.41) is 14.3. The monoisotopic (exact) mass is 332 g/mol. The number of anilines is 2. The van der Waals surface area contributed by atoms with Crippen LogP contribution in [-0.2, 0) is 6.54 Å². The highest BCUT2D eigenvalue weighted by Gasteiger charge is 2.06. The van der Waals surface area contributed by atoms with Gasteiger partial charge in [0.05, 0.1) is 20.4 Å². The van der Waals surface area contributed by atoms with Gasteiger partial charge in [-0.15, -0.1) is 5.10 Å². The number of aromatic nitrogens is 3. The van der Waals surface area contributed by atoms with Gasteiger partial charge in [-0.1, -0.05) is 6.07 Å². The zero-order chi connectivity index (χ0) is 17.4. The highest BCUT2D eigenvalue weighted by Crippen LogP contribution is 2.27. The SMILES string of the molecule is COc1ccc(CNc2nncc(NCCN(C)C)n2)cc1OC. The Hall–Kier alpha value is -2.61. The maximum atomic E-state index is 5.30. The topological polar surface area (TPSA) is 84.4 Å². The van der Waals surface area contributed by atoms with E-state index in [1.807, 2.05) is 32.3 Å². The van der Waals surface area contributed by atoms with Crippen molar-refractivity contribution in [1.29, 1.82) is 0 Å². The van der Waals surface area contributed by atoms with Gasteiger partial charge in [0, 0.05) is 19.6 Å². The second kappa shape index (κ2) is 8.88. The fraction of sp³-hybridized carbons (Fsp3) is 0.438. The largest absolute Gasteiger partial charge is 0.493 e. The molecule has 1 heterocycles. The molecule has 0 aliphatic rings. The van der Waals surface area contributed by atoms with Crippen LogP contribution in [0.25, 0.3) is 0 Å². The Morgan fingerprint density at radius 2 is 1.88 bits per heavy atom. The molecule has 8 nitrogen and oxygen atoms in total. The van der Waals surface area contributed by atoms with Crippen molar-refractivity contribution in [3.05, 3.63) is 30.0 Å². The Morgan fingerprint density at radius 1 is 1.08 bits per heavy atom. The van der Waals surface area contributed by atoms with Gasteiger partial charge in [-0.2, -0.15) is 10.1 Å². The van der Waals surface area contributed by atoms with Gasteiger partial charge in [-0.25, -0.2) is 0 Å². The van der Waals surface area contributed by atoms with Crippen molar-refractivity contribution in [2.45, 2.75) is 6.54 Å². The van der Waals surface area contributed by atoms with Gasteiger partial charge in [-0.05, 0) is 31.8 Å². The van der Waals surface area contributed by atoms with E-state index in [4.69, 9.17) is 9.47 Å². The third kappa shape index (κ3) is 5.24. The van der Waals surface area contributed by atoms with E-state index in [1.165, 1.54) is 0 Å². The van der Waals surface area contributed by atoms with E-state index >= 15 is 0 Å². The first-order valence-corrected chi connectivity index (χ1v) is 7.65. The van der Waals surface area contributed by atoms with Crippen LogP contribution >= 0.6 is 0 Å². The average Bonchev–Trinajstić information content (AvgIpc) is 2.59. The normalized spacial score (nSPS) is 10.5. The van der Waals surface area contributed by atoms with Crippen molar-refractivity contribution in [1.82, 2.24) is 20.1 Å². The molecule has 0 spiro atoms. The molecule has 1 aromatic carbocycles. The zero-order valence-electron chi connectivity index (χ0n) is 14.5.